The van der Waals surface area contributed by atoms with E-state index in [2.05, 4.69) is 16.8 Å². The van der Waals surface area contributed by atoms with Crippen molar-refractivity contribution in [2.45, 2.75) is 13.0 Å². The van der Waals surface area contributed by atoms with Crippen LogP contribution < -0.4 is 0 Å². The molecule has 4 nitrogen and oxygen atoms in total. The molecule has 1 fully saturated rings. The Hall–Kier alpha value is -2.24. The molecule has 0 atom stereocenters. The second-order valence-corrected chi connectivity index (χ2v) is 7.25. The van der Waals surface area contributed by atoms with E-state index in [0.717, 1.165) is 43.9 Å². The number of halogens is 1. The van der Waals surface area contributed by atoms with Gasteiger partial charge in [-0.25, -0.2) is 4.39 Å². The summed E-state index contributed by atoms with van der Waals surface area (Å²) < 4.78 is 13.1. The molecule has 1 aliphatic heterocycles. The summed E-state index contributed by atoms with van der Waals surface area (Å²) in [6.07, 6.45) is 0.301. The molecule has 3 rings (SSSR count). The Morgan fingerprint density at radius 2 is 1.63 bits per heavy atom. The van der Waals surface area contributed by atoms with Crippen molar-refractivity contribution in [3.8, 4) is 0 Å². The van der Waals surface area contributed by atoms with Gasteiger partial charge in [-0.2, -0.15) is 0 Å². The highest BCUT2D eigenvalue weighted by atomic mass is 19.1. The predicted molar refractivity (Wildman–Crippen MR) is 106 cm³/mol. The van der Waals surface area contributed by atoms with Gasteiger partial charge < -0.3 is 9.80 Å². The van der Waals surface area contributed by atoms with Crippen molar-refractivity contribution in [1.29, 1.82) is 0 Å². The van der Waals surface area contributed by atoms with Crippen molar-refractivity contribution < 1.29 is 9.18 Å². The smallest absolute Gasteiger partial charge is 0.227 e. The summed E-state index contributed by atoms with van der Waals surface area (Å²) in [4.78, 5) is 19.6. The fourth-order valence-electron chi connectivity index (χ4n) is 3.32. The van der Waals surface area contributed by atoms with Crippen molar-refractivity contribution >= 4 is 5.91 Å². The molecular formula is C22H28FN3O. The Balaban J connectivity index is 1.62. The second-order valence-electron chi connectivity index (χ2n) is 7.25. The van der Waals surface area contributed by atoms with E-state index in [1.54, 1.807) is 12.1 Å². The topological polar surface area (TPSA) is 26.8 Å². The minimum absolute atomic E-state index is 0.0830. The van der Waals surface area contributed by atoms with E-state index in [9.17, 15) is 9.18 Å². The van der Waals surface area contributed by atoms with Crippen LogP contribution in [0.4, 0.5) is 4.39 Å². The van der Waals surface area contributed by atoms with Crippen LogP contribution in [0.3, 0.4) is 0 Å². The standard InChI is InChI=1S/C22H28FN3O/c1-24-11-13-25(14-12-24)15-16-26(18-20-5-3-2-4-6-20)22(27)17-19-7-9-21(23)10-8-19/h2-10H,11-18H2,1H3. The third-order valence-corrected chi connectivity index (χ3v) is 5.12. The van der Waals surface area contributed by atoms with Crippen molar-refractivity contribution in [2.75, 3.05) is 46.3 Å². The lowest BCUT2D eigenvalue weighted by molar-refractivity contribution is -0.131. The molecule has 0 bridgehead atoms. The molecule has 0 unspecified atom stereocenters. The summed E-state index contributed by atoms with van der Waals surface area (Å²) in [5.74, 6) is -0.193. The largest absolute Gasteiger partial charge is 0.337 e. The van der Waals surface area contributed by atoms with E-state index in [0.29, 0.717) is 19.5 Å². The molecule has 2 aromatic rings. The van der Waals surface area contributed by atoms with Crippen LogP contribution in [0.15, 0.2) is 54.6 Å². The number of likely N-dealkylation sites (N-methyl/N-ethyl adjacent to an activating group) is 1. The molecule has 5 heteroatoms. The highest BCUT2D eigenvalue weighted by molar-refractivity contribution is 5.78. The van der Waals surface area contributed by atoms with Gasteiger partial charge in [0.05, 0.1) is 6.42 Å². The zero-order valence-corrected chi connectivity index (χ0v) is 16.0. The van der Waals surface area contributed by atoms with Gasteiger partial charge >= 0.3 is 0 Å². The van der Waals surface area contributed by atoms with E-state index < -0.39 is 0 Å². The average Bonchev–Trinajstić information content (AvgIpc) is 2.69. The molecule has 0 spiro atoms. The fraction of sp³-hybridized carbons (Fsp3) is 0.409. The van der Waals surface area contributed by atoms with Gasteiger partial charge in [0.25, 0.3) is 0 Å². The van der Waals surface area contributed by atoms with Gasteiger partial charge in [-0.15, -0.1) is 0 Å². The minimum atomic E-state index is -0.276. The number of hydrogen-bond donors (Lipinski definition) is 0. The van der Waals surface area contributed by atoms with Gasteiger partial charge in [0.15, 0.2) is 0 Å². The van der Waals surface area contributed by atoms with Crippen LogP contribution in [0.25, 0.3) is 0 Å². The number of rotatable bonds is 7. The number of benzene rings is 2. The average molecular weight is 369 g/mol. The zero-order chi connectivity index (χ0) is 19.1. The summed E-state index contributed by atoms with van der Waals surface area (Å²) in [6.45, 7) is 6.43. The van der Waals surface area contributed by atoms with Crippen molar-refractivity contribution in [3.05, 3.63) is 71.5 Å². The summed E-state index contributed by atoms with van der Waals surface area (Å²) in [7, 11) is 2.14. The van der Waals surface area contributed by atoms with E-state index >= 15 is 0 Å². The monoisotopic (exact) mass is 369 g/mol. The highest BCUT2D eigenvalue weighted by Crippen LogP contribution is 2.10. The molecule has 144 valence electrons. The lowest BCUT2D eigenvalue weighted by Crippen LogP contribution is -2.47. The minimum Gasteiger partial charge on any atom is -0.337 e. The summed E-state index contributed by atoms with van der Waals surface area (Å²) >= 11 is 0. The van der Waals surface area contributed by atoms with Gasteiger partial charge in [-0.1, -0.05) is 42.5 Å². The summed E-state index contributed by atoms with van der Waals surface area (Å²) in [5.41, 5.74) is 1.97. The number of hydrogen-bond acceptors (Lipinski definition) is 3. The van der Waals surface area contributed by atoms with Gasteiger partial charge in [0, 0.05) is 45.8 Å². The number of carbonyl (C=O) groups is 1. The van der Waals surface area contributed by atoms with Crippen LogP contribution in [0.2, 0.25) is 0 Å². The first-order valence-electron chi connectivity index (χ1n) is 9.57. The Bertz CT molecular complexity index is 712. The first-order valence-corrected chi connectivity index (χ1v) is 9.57. The third kappa shape index (κ3) is 6.15. The van der Waals surface area contributed by atoms with Crippen molar-refractivity contribution in [1.82, 2.24) is 14.7 Å². The molecule has 0 saturated carbocycles. The molecule has 2 aromatic carbocycles. The number of carbonyl (C=O) groups excluding carboxylic acids is 1. The summed E-state index contributed by atoms with van der Waals surface area (Å²) in [5, 5.41) is 0. The maximum Gasteiger partial charge on any atom is 0.227 e. The number of piperazine rings is 1. The van der Waals surface area contributed by atoms with Gasteiger partial charge in [0.1, 0.15) is 5.82 Å². The van der Waals surface area contributed by atoms with Gasteiger partial charge in [-0.3, -0.25) is 9.69 Å². The third-order valence-electron chi connectivity index (χ3n) is 5.12. The molecule has 0 aliphatic carbocycles. The Morgan fingerprint density at radius 1 is 0.963 bits per heavy atom. The molecular weight excluding hydrogens is 341 g/mol. The van der Waals surface area contributed by atoms with Crippen LogP contribution in [0.1, 0.15) is 11.1 Å². The van der Waals surface area contributed by atoms with Crippen LogP contribution in [-0.4, -0.2) is 66.9 Å². The maximum atomic E-state index is 13.1. The van der Waals surface area contributed by atoms with E-state index in [1.165, 1.54) is 12.1 Å². The van der Waals surface area contributed by atoms with Crippen LogP contribution in [0, 0.1) is 5.82 Å². The van der Waals surface area contributed by atoms with E-state index in [-0.39, 0.29) is 11.7 Å². The van der Waals surface area contributed by atoms with E-state index in [4.69, 9.17) is 0 Å². The van der Waals surface area contributed by atoms with Gasteiger partial charge in [0.2, 0.25) is 5.91 Å². The molecule has 0 radical (unpaired) electrons. The fourth-order valence-corrected chi connectivity index (χ4v) is 3.32. The Labute approximate surface area is 161 Å². The van der Waals surface area contributed by atoms with Crippen molar-refractivity contribution in [3.63, 3.8) is 0 Å². The lowest BCUT2D eigenvalue weighted by atomic mass is 10.1. The van der Waals surface area contributed by atoms with Crippen LogP contribution >= 0.6 is 0 Å². The second kappa shape index (κ2) is 9.62. The number of nitrogens with zero attached hydrogens (tertiary/aromatic N) is 3. The van der Waals surface area contributed by atoms with Crippen molar-refractivity contribution in [2.24, 2.45) is 0 Å². The van der Waals surface area contributed by atoms with E-state index in [1.807, 2.05) is 35.2 Å². The van der Waals surface area contributed by atoms with Crippen LogP contribution in [0.5, 0.6) is 0 Å². The SMILES string of the molecule is CN1CCN(CCN(Cc2ccccc2)C(=O)Cc2ccc(F)cc2)CC1. The first-order chi connectivity index (χ1) is 13.1. The molecule has 1 saturated heterocycles. The summed E-state index contributed by atoms with van der Waals surface area (Å²) in [6, 6.07) is 16.3. The molecule has 1 aliphatic rings. The molecule has 27 heavy (non-hydrogen) atoms. The molecule has 0 N–H and O–H groups in total. The normalized spacial score (nSPS) is 15.6. The molecule has 1 amide bonds. The zero-order valence-electron chi connectivity index (χ0n) is 16.0. The molecule has 0 aromatic heterocycles. The quantitative estimate of drug-likeness (QED) is 0.751. The lowest BCUT2D eigenvalue weighted by Gasteiger charge is -2.34. The Kier molecular flexibility index (Phi) is 6.96. The Morgan fingerprint density at radius 3 is 2.30 bits per heavy atom. The number of amides is 1. The first kappa shape index (κ1) is 19.5. The highest BCUT2D eigenvalue weighted by Gasteiger charge is 2.18. The predicted octanol–water partition coefficient (Wildman–Crippen LogP) is 2.64. The van der Waals surface area contributed by atoms with Gasteiger partial charge in [-0.05, 0) is 30.3 Å². The van der Waals surface area contributed by atoms with Crippen LogP contribution in [-0.2, 0) is 17.8 Å². The molecule has 1 heterocycles. The maximum absolute atomic E-state index is 13.1.